The Morgan fingerprint density at radius 1 is 1.62 bits per heavy atom. The van der Waals surface area contributed by atoms with Gasteiger partial charge in [0.05, 0.1) is 5.60 Å². The predicted molar refractivity (Wildman–Crippen MR) is 52.0 cm³/mol. The number of rotatable bonds is 3. The zero-order valence-electron chi connectivity index (χ0n) is 7.70. The second kappa shape index (κ2) is 3.72. The van der Waals surface area contributed by atoms with Crippen LogP contribution in [0.15, 0.2) is 18.3 Å². The van der Waals surface area contributed by atoms with Gasteiger partial charge in [-0.25, -0.2) is 4.98 Å². The topological polar surface area (TPSA) is 85.2 Å². The maximum absolute atomic E-state index is 9.68. The minimum atomic E-state index is -0.867. The van der Waals surface area contributed by atoms with Crippen molar-refractivity contribution in [2.75, 3.05) is 12.3 Å². The lowest BCUT2D eigenvalue weighted by Gasteiger charge is -2.20. The van der Waals surface area contributed by atoms with Gasteiger partial charge in [0.15, 0.2) is 0 Å². The molecule has 13 heavy (non-hydrogen) atoms. The normalized spacial score (nSPS) is 15.3. The van der Waals surface area contributed by atoms with E-state index in [-0.39, 0.29) is 6.54 Å². The fraction of sp³-hybridized carbons (Fsp3) is 0.444. The Morgan fingerprint density at radius 3 is 2.85 bits per heavy atom. The summed E-state index contributed by atoms with van der Waals surface area (Å²) in [5, 5.41) is 9.68. The molecule has 0 radical (unpaired) electrons. The summed E-state index contributed by atoms with van der Waals surface area (Å²) in [7, 11) is 0. The standard InChI is InChI=1S/C9H15N3O/c1-9(13,6-10)5-7-2-3-12-8(11)4-7/h2-4,13H,5-6,10H2,1H3,(H2,11,12). The first-order valence-corrected chi connectivity index (χ1v) is 4.16. The van der Waals surface area contributed by atoms with Gasteiger partial charge in [0.1, 0.15) is 5.82 Å². The van der Waals surface area contributed by atoms with Crippen LogP contribution in [0.3, 0.4) is 0 Å². The third-order valence-electron chi connectivity index (χ3n) is 1.87. The molecule has 1 aromatic heterocycles. The van der Waals surface area contributed by atoms with Crippen molar-refractivity contribution in [3.63, 3.8) is 0 Å². The van der Waals surface area contributed by atoms with E-state index in [4.69, 9.17) is 11.5 Å². The van der Waals surface area contributed by atoms with Gasteiger partial charge in [-0.2, -0.15) is 0 Å². The summed E-state index contributed by atoms with van der Waals surface area (Å²) >= 11 is 0. The quantitative estimate of drug-likeness (QED) is 0.608. The van der Waals surface area contributed by atoms with Gasteiger partial charge in [0.2, 0.25) is 0 Å². The molecule has 0 aliphatic heterocycles. The highest BCUT2D eigenvalue weighted by molar-refractivity contribution is 5.32. The fourth-order valence-electron chi connectivity index (χ4n) is 1.12. The Bertz CT molecular complexity index is 286. The molecule has 1 unspecified atom stereocenters. The molecule has 0 aliphatic carbocycles. The minimum Gasteiger partial charge on any atom is -0.389 e. The third kappa shape index (κ3) is 3.01. The van der Waals surface area contributed by atoms with E-state index in [1.54, 1.807) is 19.2 Å². The number of aliphatic hydroxyl groups is 1. The number of nitrogens with two attached hydrogens (primary N) is 2. The van der Waals surface area contributed by atoms with Crippen LogP contribution >= 0.6 is 0 Å². The summed E-state index contributed by atoms with van der Waals surface area (Å²) in [5.74, 6) is 0.463. The minimum absolute atomic E-state index is 0.231. The van der Waals surface area contributed by atoms with Crippen molar-refractivity contribution >= 4 is 5.82 Å². The summed E-state index contributed by atoms with van der Waals surface area (Å²) in [6.07, 6.45) is 2.12. The first kappa shape index (κ1) is 9.95. The van der Waals surface area contributed by atoms with Crippen molar-refractivity contribution in [3.8, 4) is 0 Å². The van der Waals surface area contributed by atoms with Crippen LogP contribution in [-0.4, -0.2) is 22.2 Å². The number of hydrogen-bond donors (Lipinski definition) is 3. The van der Waals surface area contributed by atoms with Crippen molar-refractivity contribution in [3.05, 3.63) is 23.9 Å². The maximum Gasteiger partial charge on any atom is 0.123 e. The van der Waals surface area contributed by atoms with Crippen LogP contribution in [0.2, 0.25) is 0 Å². The molecule has 1 atom stereocenters. The van der Waals surface area contributed by atoms with Crippen LogP contribution in [-0.2, 0) is 6.42 Å². The first-order chi connectivity index (χ1) is 6.03. The van der Waals surface area contributed by atoms with E-state index in [9.17, 15) is 5.11 Å². The lowest BCUT2D eigenvalue weighted by atomic mass is 9.97. The van der Waals surface area contributed by atoms with E-state index in [1.165, 1.54) is 0 Å². The van der Waals surface area contributed by atoms with Crippen LogP contribution in [0.4, 0.5) is 5.82 Å². The molecule has 4 nitrogen and oxygen atoms in total. The molecule has 0 saturated heterocycles. The highest BCUT2D eigenvalue weighted by Crippen LogP contribution is 2.12. The van der Waals surface area contributed by atoms with Gasteiger partial charge >= 0.3 is 0 Å². The summed E-state index contributed by atoms with van der Waals surface area (Å²) in [5.41, 5.74) is 11.0. The Hall–Kier alpha value is -1.13. The maximum atomic E-state index is 9.68. The average molecular weight is 181 g/mol. The summed E-state index contributed by atoms with van der Waals surface area (Å²) in [4.78, 5) is 3.86. The molecule has 1 aromatic rings. The van der Waals surface area contributed by atoms with Crippen molar-refractivity contribution < 1.29 is 5.11 Å². The van der Waals surface area contributed by atoms with Gasteiger partial charge < -0.3 is 16.6 Å². The Balaban J connectivity index is 2.74. The molecule has 0 amide bonds. The fourth-order valence-corrected chi connectivity index (χ4v) is 1.12. The third-order valence-corrected chi connectivity index (χ3v) is 1.87. The molecule has 0 spiro atoms. The molecule has 0 fully saturated rings. The van der Waals surface area contributed by atoms with Crippen molar-refractivity contribution in [1.82, 2.24) is 4.98 Å². The highest BCUT2D eigenvalue weighted by atomic mass is 16.3. The predicted octanol–water partition coefficient (Wildman–Crippen LogP) is -0.0840. The lowest BCUT2D eigenvalue weighted by Crippen LogP contribution is -2.36. The van der Waals surface area contributed by atoms with E-state index in [0.717, 1.165) is 5.56 Å². The highest BCUT2D eigenvalue weighted by Gasteiger charge is 2.18. The zero-order valence-corrected chi connectivity index (χ0v) is 7.70. The second-order valence-electron chi connectivity index (χ2n) is 3.47. The van der Waals surface area contributed by atoms with E-state index < -0.39 is 5.60 Å². The second-order valence-corrected chi connectivity index (χ2v) is 3.47. The van der Waals surface area contributed by atoms with Crippen LogP contribution < -0.4 is 11.5 Å². The summed E-state index contributed by atoms with van der Waals surface area (Å²) < 4.78 is 0. The van der Waals surface area contributed by atoms with Gasteiger partial charge in [-0.15, -0.1) is 0 Å². The number of hydrogen-bond acceptors (Lipinski definition) is 4. The van der Waals surface area contributed by atoms with Crippen molar-refractivity contribution in [2.45, 2.75) is 18.9 Å². The SMILES string of the molecule is CC(O)(CN)Cc1ccnc(N)c1. The van der Waals surface area contributed by atoms with Crippen molar-refractivity contribution in [1.29, 1.82) is 0 Å². The lowest BCUT2D eigenvalue weighted by molar-refractivity contribution is 0.0696. The van der Waals surface area contributed by atoms with Gasteiger partial charge in [0, 0.05) is 19.2 Å². The Morgan fingerprint density at radius 2 is 2.31 bits per heavy atom. The van der Waals surface area contributed by atoms with E-state index in [2.05, 4.69) is 4.98 Å². The Labute approximate surface area is 77.6 Å². The van der Waals surface area contributed by atoms with E-state index in [1.807, 2.05) is 6.07 Å². The molecule has 1 heterocycles. The smallest absolute Gasteiger partial charge is 0.123 e. The van der Waals surface area contributed by atoms with Crippen LogP contribution in [0.1, 0.15) is 12.5 Å². The molecule has 1 rings (SSSR count). The molecular weight excluding hydrogens is 166 g/mol. The largest absolute Gasteiger partial charge is 0.389 e. The Kier molecular flexibility index (Phi) is 2.85. The summed E-state index contributed by atoms with van der Waals surface area (Å²) in [6.45, 7) is 1.93. The van der Waals surface area contributed by atoms with Gasteiger partial charge in [-0.3, -0.25) is 0 Å². The van der Waals surface area contributed by atoms with E-state index >= 15 is 0 Å². The average Bonchev–Trinajstić information content (AvgIpc) is 2.03. The number of anilines is 1. The molecule has 0 aliphatic rings. The monoisotopic (exact) mass is 181 g/mol. The van der Waals surface area contributed by atoms with Crippen LogP contribution in [0, 0.1) is 0 Å². The molecule has 0 saturated carbocycles. The van der Waals surface area contributed by atoms with Crippen molar-refractivity contribution in [2.24, 2.45) is 5.73 Å². The van der Waals surface area contributed by atoms with Gasteiger partial charge in [0.25, 0.3) is 0 Å². The summed E-state index contributed by atoms with van der Waals surface area (Å²) in [6, 6.07) is 3.56. The van der Waals surface area contributed by atoms with Crippen LogP contribution in [0.25, 0.3) is 0 Å². The molecule has 4 heteroatoms. The molecule has 0 aromatic carbocycles. The number of pyridine rings is 1. The molecule has 72 valence electrons. The molecule has 0 bridgehead atoms. The van der Waals surface area contributed by atoms with E-state index in [0.29, 0.717) is 12.2 Å². The first-order valence-electron chi connectivity index (χ1n) is 4.16. The van der Waals surface area contributed by atoms with Gasteiger partial charge in [-0.1, -0.05) is 0 Å². The number of nitrogens with zero attached hydrogens (tertiary/aromatic N) is 1. The van der Waals surface area contributed by atoms with Crippen LogP contribution in [0.5, 0.6) is 0 Å². The molecule has 5 N–H and O–H groups in total. The van der Waals surface area contributed by atoms with Gasteiger partial charge in [-0.05, 0) is 24.6 Å². The number of nitrogen functional groups attached to an aromatic ring is 1. The zero-order chi connectivity index (χ0) is 9.90. The number of aromatic nitrogens is 1. The molecular formula is C9H15N3O.